The van der Waals surface area contributed by atoms with Crippen LogP contribution in [0.5, 0.6) is 0 Å². The van der Waals surface area contributed by atoms with Crippen molar-refractivity contribution in [3.63, 3.8) is 0 Å². The van der Waals surface area contributed by atoms with Crippen LogP contribution in [0.15, 0.2) is 41.9 Å². The quantitative estimate of drug-likeness (QED) is 0.0794. The summed E-state index contributed by atoms with van der Waals surface area (Å²) in [5, 5.41) is 8.48. The maximum Gasteiger partial charge on any atom is 2.00 e. The van der Waals surface area contributed by atoms with Crippen molar-refractivity contribution in [2.24, 2.45) is 23.2 Å². The fourth-order valence-electron chi connectivity index (χ4n) is 8.47. The number of cyclic esters (lactones) is 1. The minimum atomic E-state index is -0.486. The molecule has 11 nitrogen and oxygen atoms in total. The topological polar surface area (TPSA) is 127 Å². The normalized spacial score (nSPS) is 21.8. The average molecular weight is 837 g/mol. The first kappa shape index (κ1) is 42.9. The van der Waals surface area contributed by atoms with Crippen LogP contribution in [0.25, 0.3) is 38.7 Å². The van der Waals surface area contributed by atoms with Crippen molar-refractivity contribution in [1.29, 1.82) is 0 Å². The number of nitrogens with zero attached hydrogens (tertiary/aromatic N) is 5. The third-order valence-electron chi connectivity index (χ3n) is 11.8. The van der Waals surface area contributed by atoms with Crippen molar-refractivity contribution >= 4 is 40.0 Å². The summed E-state index contributed by atoms with van der Waals surface area (Å²) >= 11 is 1.55. The molecule has 2 unspecified atom stereocenters. The molecule has 13 heteroatoms. The molecule has 2 fully saturated rings. The first-order chi connectivity index (χ1) is 27.0. The first-order valence-corrected chi connectivity index (χ1v) is 21.0. The van der Waals surface area contributed by atoms with Crippen LogP contribution in [0.1, 0.15) is 82.7 Å². The number of benzene rings is 1. The summed E-state index contributed by atoms with van der Waals surface area (Å²) in [6, 6.07) is 10.4. The second-order valence-electron chi connectivity index (χ2n) is 16.4. The van der Waals surface area contributed by atoms with E-state index in [2.05, 4.69) is 60.3 Å². The van der Waals surface area contributed by atoms with Crippen molar-refractivity contribution in [2.75, 3.05) is 40.0 Å². The summed E-state index contributed by atoms with van der Waals surface area (Å²) in [6.45, 7) is 13.6. The number of hydrogen-bond acceptors (Lipinski definition) is 9. The van der Waals surface area contributed by atoms with Gasteiger partial charge in [0.25, 0.3) is 0 Å². The van der Waals surface area contributed by atoms with Gasteiger partial charge in [-0.25, -0.2) is 4.98 Å². The van der Waals surface area contributed by atoms with E-state index in [1.54, 1.807) is 24.9 Å². The van der Waals surface area contributed by atoms with Gasteiger partial charge in [0, 0.05) is 90.7 Å². The zero-order chi connectivity index (χ0) is 39.6. The predicted molar refractivity (Wildman–Crippen MR) is 218 cm³/mol. The molecule has 3 aliphatic heterocycles. The Bertz CT molecular complexity index is 2060. The fourth-order valence-corrected chi connectivity index (χ4v) is 9.33. The number of rotatable bonds is 7. The Kier molecular flexibility index (Phi) is 13.9. The number of aromatic nitrogens is 3. The molecular formula is C44H55MnN5O6S. The van der Waals surface area contributed by atoms with Gasteiger partial charge in [-0.05, 0) is 68.9 Å². The third-order valence-corrected chi connectivity index (χ3v) is 12.7. The molecule has 0 aliphatic carbocycles. The Balaban J connectivity index is 0.00000549. The van der Waals surface area contributed by atoms with Gasteiger partial charge in [0.15, 0.2) is 5.97 Å². The Morgan fingerprint density at radius 2 is 1.96 bits per heavy atom. The largest absolute Gasteiger partial charge is 2.00 e. The van der Waals surface area contributed by atoms with E-state index in [9.17, 15) is 14.4 Å². The molecule has 4 bridgehead atoms. The second kappa shape index (κ2) is 18.5. The summed E-state index contributed by atoms with van der Waals surface area (Å²) in [4.78, 5) is 52.2. The molecule has 0 N–H and O–H groups in total. The minimum absolute atomic E-state index is 0. The summed E-state index contributed by atoms with van der Waals surface area (Å²) in [7, 11) is 1.70. The number of amides is 2. The van der Waals surface area contributed by atoms with Crippen LogP contribution in [0.3, 0.4) is 0 Å². The predicted octanol–water partition coefficient (Wildman–Crippen LogP) is 7.99. The first-order valence-electron chi connectivity index (χ1n) is 20.2. The van der Waals surface area contributed by atoms with Crippen molar-refractivity contribution in [3.05, 3.63) is 69.9 Å². The summed E-state index contributed by atoms with van der Waals surface area (Å²) in [5.74, 6) is -0.795. The van der Waals surface area contributed by atoms with E-state index < -0.39 is 11.3 Å². The average Bonchev–Trinajstić information content (AvgIpc) is 3.76. The molecule has 0 saturated carbocycles. The van der Waals surface area contributed by atoms with E-state index >= 15 is 0 Å². The van der Waals surface area contributed by atoms with Gasteiger partial charge in [0.2, 0.25) is 5.91 Å². The number of esters is 1. The number of methoxy groups -OCH3 is 1. The van der Waals surface area contributed by atoms with Crippen molar-refractivity contribution in [3.8, 4) is 22.5 Å². The van der Waals surface area contributed by atoms with Crippen LogP contribution in [0.4, 0.5) is 0 Å². The molecule has 2 amide bonds. The fraction of sp³-hybridized carbons (Fsp3) is 0.545. The SMILES string of the molecule is CCn1c(-c2cccnc2[C@H](C)OC)c2c3cc(ccc31)-c1csc(n1)C[C@H](C1CN1C(=O)C(C)C1CCOCC1)C(=O)[N-]CCC[CH-]C(=O)OCC(C)(C)C2.[Mn+2]. The summed E-state index contributed by atoms with van der Waals surface area (Å²) in [5.41, 5.74) is 6.63. The van der Waals surface area contributed by atoms with E-state index in [-0.39, 0.29) is 65.4 Å². The molecule has 1 aromatic carbocycles. The van der Waals surface area contributed by atoms with Crippen LogP contribution in [-0.4, -0.2) is 83.3 Å². The molecule has 1 radical (unpaired) electrons. The third kappa shape index (κ3) is 9.44. The van der Waals surface area contributed by atoms with Crippen LogP contribution < -0.4 is 0 Å². The van der Waals surface area contributed by atoms with Gasteiger partial charge in [-0.2, -0.15) is 6.42 Å². The molecule has 3 aliphatic rings. The number of hydrogen-bond donors (Lipinski definition) is 0. The molecule has 57 heavy (non-hydrogen) atoms. The van der Waals surface area contributed by atoms with E-state index in [1.807, 2.05) is 31.0 Å². The van der Waals surface area contributed by atoms with E-state index in [1.165, 1.54) is 0 Å². The van der Waals surface area contributed by atoms with Gasteiger partial charge in [0.05, 0.1) is 46.7 Å². The summed E-state index contributed by atoms with van der Waals surface area (Å²) in [6.07, 6.45) is 6.94. The Hall–Kier alpha value is -3.74. The molecule has 305 valence electrons. The van der Waals surface area contributed by atoms with Crippen LogP contribution in [-0.2, 0) is 65.0 Å². The van der Waals surface area contributed by atoms with Gasteiger partial charge >= 0.3 is 17.1 Å². The van der Waals surface area contributed by atoms with Gasteiger partial charge in [-0.1, -0.05) is 33.3 Å². The molecule has 6 heterocycles. The Morgan fingerprint density at radius 1 is 1.18 bits per heavy atom. The Labute approximate surface area is 351 Å². The zero-order valence-corrected chi connectivity index (χ0v) is 36.0. The van der Waals surface area contributed by atoms with Crippen LogP contribution >= 0.6 is 11.3 Å². The second-order valence-corrected chi connectivity index (χ2v) is 17.3. The minimum Gasteiger partial charge on any atom is -0.653 e. The number of ether oxygens (including phenoxy) is 3. The van der Waals surface area contributed by atoms with Gasteiger partial charge in [-0.3, -0.25) is 21.0 Å². The number of fused-ring (bicyclic) bond motifs is 4. The van der Waals surface area contributed by atoms with Gasteiger partial charge < -0.3 is 33.8 Å². The van der Waals surface area contributed by atoms with Gasteiger partial charge in [-0.15, -0.1) is 17.9 Å². The number of thiazole rings is 1. The number of pyridine rings is 1. The number of aryl methyl sites for hydroxylation is 1. The monoisotopic (exact) mass is 836 g/mol. The Morgan fingerprint density at radius 3 is 2.72 bits per heavy atom. The smallest absolute Gasteiger partial charge is 0.653 e. The van der Waals surface area contributed by atoms with E-state index in [0.29, 0.717) is 52.0 Å². The number of carbonyl (C=O) groups is 3. The standard InChI is InChI=1S/C44H56N5O6S.Mn/c1-7-48-36-14-13-30-21-32(36)34(41(48)31-11-10-18-45-40(31)28(3)53-6)23-44(4,5)26-55-39(50)12-8-9-17-46-42(51)33(22-38-47-35(30)25-56-38)37-24-49(37)43(52)27(2)29-15-19-54-20-16-29;/h10-14,18,21,25,27-29,33,37H,7-9,15-17,19-20,22-24,26H2,1-6H3,(H,46,51);/q-1;+2/p-1/t27?,28-,33+,37?,49?;/m0./s1. The van der Waals surface area contributed by atoms with Crippen molar-refractivity contribution < 1.29 is 45.7 Å². The zero-order valence-electron chi connectivity index (χ0n) is 34.0. The molecule has 4 aromatic rings. The van der Waals surface area contributed by atoms with Crippen molar-refractivity contribution in [1.82, 2.24) is 19.4 Å². The van der Waals surface area contributed by atoms with Crippen molar-refractivity contribution in [2.45, 2.75) is 91.8 Å². The molecule has 0 spiro atoms. The van der Waals surface area contributed by atoms with Gasteiger partial charge in [0.1, 0.15) is 0 Å². The molecule has 2 saturated heterocycles. The van der Waals surface area contributed by atoms with E-state index in [0.717, 1.165) is 69.1 Å². The van der Waals surface area contributed by atoms with E-state index in [4.69, 9.17) is 24.2 Å². The maximum atomic E-state index is 13.8. The molecular weight excluding hydrogens is 782 g/mol. The number of carbonyl (C=O) groups excluding carboxylic acids is 3. The molecule has 7 rings (SSSR count). The van der Waals surface area contributed by atoms with Crippen LogP contribution in [0, 0.1) is 29.6 Å². The van der Waals surface area contributed by atoms with Crippen LogP contribution in [0.2, 0.25) is 0 Å². The summed E-state index contributed by atoms with van der Waals surface area (Å²) < 4.78 is 19.5. The molecule has 3 aromatic heterocycles. The molecule has 4 atom stereocenters. The maximum absolute atomic E-state index is 13.8.